The van der Waals surface area contributed by atoms with E-state index in [4.69, 9.17) is 4.74 Å². The van der Waals surface area contributed by atoms with Crippen LogP contribution in [0.15, 0.2) is 60.8 Å². The molecule has 5 nitrogen and oxygen atoms in total. The van der Waals surface area contributed by atoms with Gasteiger partial charge in [-0.1, -0.05) is 48.5 Å². The van der Waals surface area contributed by atoms with Crippen molar-refractivity contribution >= 4 is 5.91 Å². The Labute approximate surface area is 140 Å². The third-order valence-electron chi connectivity index (χ3n) is 3.56. The number of para-hydroxylation sites is 1. The van der Waals surface area contributed by atoms with Crippen LogP contribution in [0.4, 0.5) is 0 Å². The van der Waals surface area contributed by atoms with Gasteiger partial charge >= 0.3 is 0 Å². The first-order chi connectivity index (χ1) is 11.7. The van der Waals surface area contributed by atoms with E-state index in [1.807, 2.05) is 54.6 Å². The Hall–Kier alpha value is -3.08. The Morgan fingerprint density at radius 2 is 1.88 bits per heavy atom. The number of ether oxygens (including phenoxy) is 1. The first kappa shape index (κ1) is 15.8. The zero-order chi connectivity index (χ0) is 16.8. The maximum Gasteiger partial charge on any atom is 0.269 e. The zero-order valence-corrected chi connectivity index (χ0v) is 13.5. The van der Waals surface area contributed by atoms with Crippen LogP contribution in [-0.4, -0.2) is 29.0 Å². The molecule has 0 aliphatic carbocycles. The number of benzene rings is 2. The molecule has 24 heavy (non-hydrogen) atoms. The van der Waals surface area contributed by atoms with Crippen molar-refractivity contribution < 1.29 is 9.53 Å². The van der Waals surface area contributed by atoms with Crippen LogP contribution < -0.4 is 10.1 Å². The predicted octanol–water partition coefficient (Wildman–Crippen LogP) is 3.19. The normalized spacial score (nSPS) is 10.4. The molecular formula is C19H19N3O2. The maximum atomic E-state index is 11.9. The first-order valence-corrected chi connectivity index (χ1v) is 7.81. The van der Waals surface area contributed by atoms with Crippen molar-refractivity contribution in [1.82, 2.24) is 15.3 Å². The fraction of sp³-hybridized carbons (Fsp3) is 0.158. The van der Waals surface area contributed by atoms with E-state index in [9.17, 15) is 4.79 Å². The fourth-order valence-electron chi connectivity index (χ4n) is 2.41. The predicted molar refractivity (Wildman–Crippen MR) is 93.0 cm³/mol. The summed E-state index contributed by atoms with van der Waals surface area (Å²) in [6.45, 7) is 2.61. The lowest BCUT2D eigenvalue weighted by atomic mass is 10.1. The summed E-state index contributed by atoms with van der Waals surface area (Å²) in [5.41, 5.74) is 2.59. The maximum absolute atomic E-state index is 11.9. The SMILES string of the molecule is Cc1ncc(C(=O)NCCOc2ccccc2-c2ccccc2)[nH]1. The molecular weight excluding hydrogens is 302 g/mol. The highest BCUT2D eigenvalue weighted by molar-refractivity contribution is 5.92. The van der Waals surface area contributed by atoms with Crippen molar-refractivity contribution in [3.63, 3.8) is 0 Å². The molecule has 0 atom stereocenters. The van der Waals surface area contributed by atoms with Crippen molar-refractivity contribution in [3.8, 4) is 16.9 Å². The number of nitrogens with zero attached hydrogens (tertiary/aromatic N) is 1. The second kappa shape index (κ2) is 7.46. The molecule has 2 aromatic carbocycles. The number of amides is 1. The summed E-state index contributed by atoms with van der Waals surface area (Å²) in [5.74, 6) is 1.33. The van der Waals surface area contributed by atoms with E-state index in [2.05, 4.69) is 15.3 Å². The number of hydrogen-bond acceptors (Lipinski definition) is 3. The quantitative estimate of drug-likeness (QED) is 0.685. The standard InChI is InChI=1S/C19H19N3O2/c1-14-21-13-17(22-14)19(23)20-11-12-24-18-10-6-5-9-16(18)15-7-3-2-4-8-15/h2-10,13H,11-12H2,1H3,(H,20,23)(H,21,22). The Bertz CT molecular complexity index is 812. The molecule has 0 aliphatic heterocycles. The molecule has 1 heterocycles. The molecule has 5 heteroatoms. The number of imidazole rings is 1. The third-order valence-corrected chi connectivity index (χ3v) is 3.56. The average molecular weight is 321 g/mol. The van der Waals surface area contributed by atoms with Gasteiger partial charge in [-0.15, -0.1) is 0 Å². The van der Waals surface area contributed by atoms with Gasteiger partial charge in [0.15, 0.2) is 0 Å². The molecule has 0 bridgehead atoms. The van der Waals surface area contributed by atoms with E-state index in [1.54, 1.807) is 6.92 Å². The molecule has 0 saturated carbocycles. The van der Waals surface area contributed by atoms with Crippen LogP contribution in [0.1, 0.15) is 16.3 Å². The van der Waals surface area contributed by atoms with Crippen LogP contribution in [0.5, 0.6) is 5.75 Å². The number of carbonyl (C=O) groups excluding carboxylic acids is 1. The van der Waals surface area contributed by atoms with Crippen molar-refractivity contribution in [1.29, 1.82) is 0 Å². The van der Waals surface area contributed by atoms with Crippen LogP contribution in [0.2, 0.25) is 0 Å². The van der Waals surface area contributed by atoms with Crippen LogP contribution >= 0.6 is 0 Å². The Morgan fingerprint density at radius 3 is 2.62 bits per heavy atom. The largest absolute Gasteiger partial charge is 0.491 e. The van der Waals surface area contributed by atoms with E-state index in [-0.39, 0.29) is 5.91 Å². The molecule has 1 aromatic heterocycles. The molecule has 2 N–H and O–H groups in total. The Balaban J connectivity index is 1.57. The van der Waals surface area contributed by atoms with Gasteiger partial charge in [0.25, 0.3) is 5.91 Å². The first-order valence-electron chi connectivity index (χ1n) is 7.81. The minimum absolute atomic E-state index is 0.185. The molecule has 0 fully saturated rings. The van der Waals surface area contributed by atoms with Crippen molar-refractivity contribution in [3.05, 3.63) is 72.3 Å². The van der Waals surface area contributed by atoms with Crippen molar-refractivity contribution in [2.24, 2.45) is 0 Å². The van der Waals surface area contributed by atoms with Crippen LogP contribution in [0, 0.1) is 6.92 Å². The summed E-state index contributed by atoms with van der Waals surface area (Å²) >= 11 is 0. The van der Waals surface area contributed by atoms with Gasteiger partial charge in [0.2, 0.25) is 0 Å². The molecule has 0 saturated heterocycles. The number of carbonyl (C=O) groups is 1. The second-order valence-electron chi connectivity index (χ2n) is 5.35. The number of nitrogens with one attached hydrogen (secondary N) is 2. The number of hydrogen-bond donors (Lipinski definition) is 2. The Morgan fingerprint density at radius 1 is 1.12 bits per heavy atom. The number of aryl methyl sites for hydroxylation is 1. The summed E-state index contributed by atoms with van der Waals surface area (Å²) in [6, 6.07) is 18.0. The molecule has 0 spiro atoms. The molecule has 0 aliphatic rings. The lowest BCUT2D eigenvalue weighted by Gasteiger charge is -2.12. The summed E-state index contributed by atoms with van der Waals surface area (Å²) in [4.78, 5) is 18.8. The van der Waals surface area contributed by atoms with E-state index in [0.29, 0.717) is 24.7 Å². The molecule has 3 aromatic rings. The third kappa shape index (κ3) is 3.81. The number of rotatable bonds is 6. The molecule has 0 unspecified atom stereocenters. The highest BCUT2D eigenvalue weighted by atomic mass is 16.5. The zero-order valence-electron chi connectivity index (χ0n) is 13.5. The van der Waals surface area contributed by atoms with Gasteiger partial charge in [0.1, 0.15) is 23.9 Å². The number of aromatic nitrogens is 2. The highest BCUT2D eigenvalue weighted by Crippen LogP contribution is 2.29. The van der Waals surface area contributed by atoms with Crippen LogP contribution in [0.25, 0.3) is 11.1 Å². The van der Waals surface area contributed by atoms with E-state index in [0.717, 1.165) is 16.9 Å². The lowest BCUT2D eigenvalue weighted by Crippen LogP contribution is -2.28. The fourth-order valence-corrected chi connectivity index (χ4v) is 2.41. The number of H-pyrrole nitrogens is 1. The van der Waals surface area contributed by atoms with E-state index in [1.165, 1.54) is 6.20 Å². The van der Waals surface area contributed by atoms with Gasteiger partial charge in [-0.3, -0.25) is 4.79 Å². The smallest absolute Gasteiger partial charge is 0.269 e. The van der Waals surface area contributed by atoms with Gasteiger partial charge in [0.05, 0.1) is 12.7 Å². The summed E-state index contributed by atoms with van der Waals surface area (Å²) in [6.07, 6.45) is 1.52. The van der Waals surface area contributed by atoms with Gasteiger partial charge < -0.3 is 15.0 Å². The van der Waals surface area contributed by atoms with Gasteiger partial charge in [-0.05, 0) is 18.6 Å². The van der Waals surface area contributed by atoms with Gasteiger partial charge in [-0.25, -0.2) is 4.98 Å². The Kier molecular flexibility index (Phi) is 4.91. The monoisotopic (exact) mass is 321 g/mol. The minimum atomic E-state index is -0.185. The molecule has 3 rings (SSSR count). The van der Waals surface area contributed by atoms with Gasteiger partial charge in [-0.2, -0.15) is 0 Å². The summed E-state index contributed by atoms with van der Waals surface area (Å²) in [5, 5.41) is 2.81. The van der Waals surface area contributed by atoms with Crippen LogP contribution in [-0.2, 0) is 0 Å². The second-order valence-corrected chi connectivity index (χ2v) is 5.35. The minimum Gasteiger partial charge on any atom is -0.491 e. The van der Waals surface area contributed by atoms with E-state index < -0.39 is 0 Å². The molecule has 0 radical (unpaired) electrons. The molecule has 1 amide bonds. The summed E-state index contributed by atoms with van der Waals surface area (Å²) in [7, 11) is 0. The molecule has 122 valence electrons. The van der Waals surface area contributed by atoms with Gasteiger partial charge in [0, 0.05) is 5.56 Å². The van der Waals surface area contributed by atoms with Crippen LogP contribution in [0.3, 0.4) is 0 Å². The van der Waals surface area contributed by atoms with E-state index >= 15 is 0 Å². The lowest BCUT2D eigenvalue weighted by molar-refractivity contribution is 0.0942. The topological polar surface area (TPSA) is 67.0 Å². The summed E-state index contributed by atoms with van der Waals surface area (Å²) < 4.78 is 5.84. The van der Waals surface area contributed by atoms with Crippen molar-refractivity contribution in [2.45, 2.75) is 6.92 Å². The number of aromatic amines is 1. The van der Waals surface area contributed by atoms with Crippen molar-refractivity contribution in [2.75, 3.05) is 13.2 Å². The highest BCUT2D eigenvalue weighted by Gasteiger charge is 2.08. The average Bonchev–Trinajstić information content (AvgIpc) is 3.06.